The Hall–Kier alpha value is -1.74. The lowest BCUT2D eigenvalue weighted by Crippen LogP contribution is -1.94. The number of rotatable bonds is 2. The molecule has 2 aromatic carbocycles. The molecule has 17 heavy (non-hydrogen) atoms. The largest absolute Gasteiger partial charge is 0.455 e. The van der Waals surface area contributed by atoms with Gasteiger partial charge in [0.05, 0.1) is 5.69 Å². The lowest BCUT2D eigenvalue weighted by Gasteiger charge is -2.10. The molecule has 2 nitrogen and oxygen atoms in total. The van der Waals surface area contributed by atoms with Crippen molar-refractivity contribution in [3.05, 3.63) is 52.8 Å². The van der Waals surface area contributed by atoms with Gasteiger partial charge < -0.3 is 10.5 Å². The van der Waals surface area contributed by atoms with Crippen LogP contribution in [0.25, 0.3) is 0 Å². The Morgan fingerprint density at radius 1 is 1.12 bits per heavy atom. The van der Waals surface area contributed by atoms with Crippen LogP contribution in [-0.4, -0.2) is 0 Å². The van der Waals surface area contributed by atoms with Crippen LogP contribution >= 0.6 is 11.6 Å². The van der Waals surface area contributed by atoms with E-state index in [-0.39, 0.29) is 5.82 Å². The fourth-order valence-corrected chi connectivity index (χ4v) is 1.67. The molecule has 0 bridgehead atoms. The highest BCUT2D eigenvalue weighted by Gasteiger charge is 2.06. The summed E-state index contributed by atoms with van der Waals surface area (Å²) in [5.74, 6) is 0.517. The van der Waals surface area contributed by atoms with Gasteiger partial charge in [-0.15, -0.1) is 0 Å². The van der Waals surface area contributed by atoms with E-state index < -0.39 is 0 Å². The maximum absolute atomic E-state index is 13.1. The second-order valence-electron chi connectivity index (χ2n) is 3.69. The summed E-state index contributed by atoms with van der Waals surface area (Å²) in [6, 6.07) is 9.21. The minimum absolute atomic E-state index is 0.301. The number of hydrogen-bond acceptors (Lipinski definition) is 2. The van der Waals surface area contributed by atoms with Gasteiger partial charge in [0.25, 0.3) is 0 Å². The molecule has 0 radical (unpaired) electrons. The van der Waals surface area contributed by atoms with Crippen LogP contribution < -0.4 is 10.5 Å². The molecular weight excluding hydrogens is 241 g/mol. The van der Waals surface area contributed by atoms with Crippen molar-refractivity contribution >= 4 is 17.3 Å². The number of benzene rings is 2. The summed E-state index contributed by atoms with van der Waals surface area (Å²) < 4.78 is 18.6. The minimum Gasteiger partial charge on any atom is -0.455 e. The van der Waals surface area contributed by atoms with Gasteiger partial charge in [-0.25, -0.2) is 4.39 Å². The van der Waals surface area contributed by atoms with Gasteiger partial charge in [-0.05, 0) is 42.8 Å². The zero-order chi connectivity index (χ0) is 12.4. The van der Waals surface area contributed by atoms with Gasteiger partial charge in [-0.3, -0.25) is 0 Å². The Balaban J connectivity index is 2.34. The average molecular weight is 252 g/mol. The van der Waals surface area contributed by atoms with Gasteiger partial charge >= 0.3 is 0 Å². The van der Waals surface area contributed by atoms with Gasteiger partial charge in [-0.2, -0.15) is 0 Å². The van der Waals surface area contributed by atoms with Crippen molar-refractivity contribution in [2.75, 3.05) is 5.73 Å². The molecule has 2 aromatic rings. The molecule has 4 heteroatoms. The van der Waals surface area contributed by atoms with E-state index in [0.29, 0.717) is 22.2 Å². The van der Waals surface area contributed by atoms with Crippen molar-refractivity contribution in [3.8, 4) is 11.5 Å². The van der Waals surface area contributed by atoms with Crippen molar-refractivity contribution in [2.24, 2.45) is 0 Å². The van der Waals surface area contributed by atoms with Crippen molar-refractivity contribution in [3.63, 3.8) is 0 Å². The first kappa shape index (κ1) is 11.7. The lowest BCUT2D eigenvalue weighted by atomic mass is 10.2. The first-order valence-electron chi connectivity index (χ1n) is 5.05. The molecule has 0 aromatic heterocycles. The highest BCUT2D eigenvalue weighted by molar-refractivity contribution is 6.30. The molecule has 0 amide bonds. The number of aryl methyl sites for hydroxylation is 1. The van der Waals surface area contributed by atoms with Crippen LogP contribution in [0, 0.1) is 12.7 Å². The molecule has 0 saturated carbocycles. The second kappa shape index (κ2) is 4.63. The van der Waals surface area contributed by atoms with E-state index in [1.807, 2.05) is 6.92 Å². The van der Waals surface area contributed by atoms with Crippen molar-refractivity contribution in [1.82, 2.24) is 0 Å². The number of halogens is 2. The normalized spacial score (nSPS) is 10.3. The average Bonchev–Trinajstić information content (AvgIpc) is 2.27. The smallest absolute Gasteiger partial charge is 0.153 e. The number of nitrogens with two attached hydrogens (primary N) is 1. The zero-order valence-electron chi connectivity index (χ0n) is 9.21. The summed E-state index contributed by atoms with van der Waals surface area (Å²) in [4.78, 5) is 0. The Morgan fingerprint density at radius 2 is 1.88 bits per heavy atom. The van der Waals surface area contributed by atoms with Crippen LogP contribution in [0.1, 0.15) is 5.56 Å². The second-order valence-corrected chi connectivity index (χ2v) is 4.13. The van der Waals surface area contributed by atoms with Gasteiger partial charge in [-0.1, -0.05) is 11.6 Å². The van der Waals surface area contributed by atoms with Crippen molar-refractivity contribution < 1.29 is 9.13 Å². The molecule has 0 atom stereocenters. The molecule has 0 spiro atoms. The van der Waals surface area contributed by atoms with Crippen LogP contribution in [0.4, 0.5) is 10.1 Å². The standard InChI is InChI=1S/C13H11ClFNO/c1-8-6-9(14)2-5-12(8)17-13-7-10(15)3-4-11(13)16/h2-7H,16H2,1H3. The maximum Gasteiger partial charge on any atom is 0.153 e. The highest BCUT2D eigenvalue weighted by Crippen LogP contribution is 2.31. The van der Waals surface area contributed by atoms with Crippen LogP contribution in [0.2, 0.25) is 5.02 Å². The molecule has 0 saturated heterocycles. The first-order chi connectivity index (χ1) is 8.06. The van der Waals surface area contributed by atoms with Gasteiger partial charge in [0.1, 0.15) is 11.6 Å². The number of ether oxygens (including phenoxy) is 1. The van der Waals surface area contributed by atoms with E-state index in [2.05, 4.69) is 0 Å². The topological polar surface area (TPSA) is 35.2 Å². The summed E-state index contributed by atoms with van der Waals surface area (Å²) >= 11 is 5.84. The van der Waals surface area contributed by atoms with Crippen LogP contribution in [-0.2, 0) is 0 Å². The van der Waals surface area contributed by atoms with Crippen LogP contribution in [0.15, 0.2) is 36.4 Å². The molecule has 0 unspecified atom stereocenters. The molecule has 88 valence electrons. The van der Waals surface area contributed by atoms with Crippen LogP contribution in [0.5, 0.6) is 11.5 Å². The Morgan fingerprint density at radius 3 is 2.59 bits per heavy atom. The molecule has 0 heterocycles. The van der Waals surface area contributed by atoms with E-state index in [4.69, 9.17) is 22.1 Å². The SMILES string of the molecule is Cc1cc(Cl)ccc1Oc1cc(F)ccc1N. The van der Waals surface area contributed by atoms with Gasteiger partial charge in [0, 0.05) is 11.1 Å². The molecule has 0 aliphatic rings. The number of hydrogen-bond donors (Lipinski definition) is 1. The van der Waals surface area contributed by atoms with Gasteiger partial charge in [0.2, 0.25) is 0 Å². The Labute approximate surface area is 104 Å². The monoisotopic (exact) mass is 251 g/mol. The van der Waals surface area contributed by atoms with E-state index in [1.165, 1.54) is 18.2 Å². The van der Waals surface area contributed by atoms with Gasteiger partial charge in [0.15, 0.2) is 5.75 Å². The van der Waals surface area contributed by atoms with Crippen LogP contribution in [0.3, 0.4) is 0 Å². The van der Waals surface area contributed by atoms with E-state index in [9.17, 15) is 4.39 Å². The van der Waals surface area contributed by atoms with E-state index in [0.717, 1.165) is 5.56 Å². The van der Waals surface area contributed by atoms with Crippen molar-refractivity contribution in [1.29, 1.82) is 0 Å². The third-order valence-electron chi connectivity index (χ3n) is 2.33. The molecule has 0 aliphatic heterocycles. The predicted molar refractivity (Wildman–Crippen MR) is 67.1 cm³/mol. The Bertz CT molecular complexity index is 557. The maximum atomic E-state index is 13.1. The Kier molecular flexibility index (Phi) is 3.20. The fraction of sp³-hybridized carbons (Fsp3) is 0.0769. The molecule has 2 rings (SSSR count). The molecule has 2 N–H and O–H groups in total. The lowest BCUT2D eigenvalue weighted by molar-refractivity contribution is 0.475. The summed E-state index contributed by atoms with van der Waals surface area (Å²) in [6.07, 6.45) is 0. The summed E-state index contributed by atoms with van der Waals surface area (Å²) in [7, 11) is 0. The summed E-state index contributed by atoms with van der Waals surface area (Å²) in [6.45, 7) is 1.86. The van der Waals surface area contributed by atoms with E-state index >= 15 is 0 Å². The summed E-state index contributed by atoms with van der Waals surface area (Å²) in [5, 5.41) is 0.627. The first-order valence-corrected chi connectivity index (χ1v) is 5.43. The minimum atomic E-state index is -0.388. The third-order valence-corrected chi connectivity index (χ3v) is 2.57. The fourth-order valence-electron chi connectivity index (χ4n) is 1.44. The zero-order valence-corrected chi connectivity index (χ0v) is 9.96. The number of nitrogen functional groups attached to an aromatic ring is 1. The highest BCUT2D eigenvalue weighted by atomic mass is 35.5. The molecule has 0 aliphatic carbocycles. The van der Waals surface area contributed by atoms with E-state index in [1.54, 1.807) is 18.2 Å². The summed E-state index contributed by atoms with van der Waals surface area (Å²) in [5.41, 5.74) is 6.95. The third kappa shape index (κ3) is 2.68. The quantitative estimate of drug-likeness (QED) is 0.814. The van der Waals surface area contributed by atoms with Crippen molar-refractivity contribution in [2.45, 2.75) is 6.92 Å². The predicted octanol–water partition coefficient (Wildman–Crippen LogP) is 4.16. The molecule has 0 fully saturated rings. The molecular formula is C13H11ClFNO. The number of anilines is 1.